The lowest BCUT2D eigenvalue weighted by molar-refractivity contribution is 0.159. The first-order valence-electron chi connectivity index (χ1n) is 6.86. The number of rotatable bonds is 9. The van der Waals surface area contributed by atoms with Gasteiger partial charge in [-0.25, -0.2) is 0 Å². The molecular weight excluding hydrogens is 226 g/mol. The number of aliphatic hydroxyl groups is 1. The van der Waals surface area contributed by atoms with Gasteiger partial charge in [-0.3, -0.25) is 0 Å². The molecule has 1 aromatic carbocycles. The third-order valence-electron chi connectivity index (χ3n) is 2.83. The van der Waals surface area contributed by atoms with Gasteiger partial charge in [0.05, 0.1) is 12.7 Å². The van der Waals surface area contributed by atoms with Crippen molar-refractivity contribution in [3.05, 3.63) is 29.8 Å². The van der Waals surface area contributed by atoms with Crippen LogP contribution in [-0.4, -0.2) is 24.4 Å². The van der Waals surface area contributed by atoms with Gasteiger partial charge in [0.25, 0.3) is 0 Å². The standard InChI is InChI=1S/C15H25NO2/c1-3-10-18-15-7-5-6-13(11-15)12-16-9-8-14(17)4-2/h5-7,11,14,16-17H,3-4,8-10,12H2,1-2H3. The van der Waals surface area contributed by atoms with Crippen LogP contribution in [0.15, 0.2) is 24.3 Å². The van der Waals surface area contributed by atoms with Crippen molar-refractivity contribution in [3.63, 3.8) is 0 Å². The second-order valence-corrected chi connectivity index (χ2v) is 4.52. The number of hydrogen-bond donors (Lipinski definition) is 2. The van der Waals surface area contributed by atoms with E-state index in [1.807, 2.05) is 19.1 Å². The predicted molar refractivity (Wildman–Crippen MR) is 74.8 cm³/mol. The fourth-order valence-electron chi connectivity index (χ4n) is 1.67. The molecule has 3 nitrogen and oxygen atoms in total. The Kier molecular flexibility index (Phi) is 7.46. The summed E-state index contributed by atoms with van der Waals surface area (Å²) < 4.78 is 5.59. The topological polar surface area (TPSA) is 41.5 Å². The third kappa shape index (κ3) is 6.03. The molecule has 0 saturated heterocycles. The van der Waals surface area contributed by atoms with Gasteiger partial charge in [-0.1, -0.05) is 26.0 Å². The highest BCUT2D eigenvalue weighted by Crippen LogP contribution is 2.13. The van der Waals surface area contributed by atoms with Crippen molar-refractivity contribution in [1.82, 2.24) is 5.32 Å². The third-order valence-corrected chi connectivity index (χ3v) is 2.83. The van der Waals surface area contributed by atoms with E-state index in [2.05, 4.69) is 24.4 Å². The molecule has 0 fully saturated rings. The zero-order valence-electron chi connectivity index (χ0n) is 11.5. The smallest absolute Gasteiger partial charge is 0.119 e. The molecule has 1 atom stereocenters. The Morgan fingerprint density at radius 1 is 1.33 bits per heavy atom. The van der Waals surface area contributed by atoms with E-state index in [1.165, 1.54) is 5.56 Å². The molecular formula is C15H25NO2. The summed E-state index contributed by atoms with van der Waals surface area (Å²) in [6.07, 6.45) is 2.47. The van der Waals surface area contributed by atoms with Crippen LogP contribution in [-0.2, 0) is 6.54 Å². The second kappa shape index (κ2) is 8.95. The molecule has 0 spiro atoms. The zero-order valence-corrected chi connectivity index (χ0v) is 11.5. The molecule has 0 aliphatic heterocycles. The quantitative estimate of drug-likeness (QED) is 0.663. The number of nitrogens with one attached hydrogen (secondary N) is 1. The van der Waals surface area contributed by atoms with Crippen LogP contribution in [0.5, 0.6) is 5.75 Å². The first kappa shape index (κ1) is 15.0. The van der Waals surface area contributed by atoms with Crippen molar-refractivity contribution in [2.45, 2.75) is 45.8 Å². The monoisotopic (exact) mass is 251 g/mol. The maximum Gasteiger partial charge on any atom is 0.119 e. The fraction of sp³-hybridized carbons (Fsp3) is 0.600. The Morgan fingerprint density at radius 2 is 2.17 bits per heavy atom. The molecule has 0 bridgehead atoms. The lowest BCUT2D eigenvalue weighted by atomic mass is 10.2. The van der Waals surface area contributed by atoms with Crippen molar-refractivity contribution >= 4 is 0 Å². The van der Waals surface area contributed by atoms with E-state index in [0.29, 0.717) is 0 Å². The zero-order chi connectivity index (χ0) is 13.2. The number of hydrogen-bond acceptors (Lipinski definition) is 3. The van der Waals surface area contributed by atoms with E-state index in [-0.39, 0.29) is 6.10 Å². The maximum atomic E-state index is 9.44. The second-order valence-electron chi connectivity index (χ2n) is 4.52. The van der Waals surface area contributed by atoms with Gasteiger partial charge in [0, 0.05) is 6.54 Å². The van der Waals surface area contributed by atoms with Crippen LogP contribution in [0.1, 0.15) is 38.7 Å². The molecule has 1 rings (SSSR count). The maximum absolute atomic E-state index is 9.44. The van der Waals surface area contributed by atoms with E-state index in [9.17, 15) is 5.11 Å². The average molecular weight is 251 g/mol. The van der Waals surface area contributed by atoms with Crippen molar-refractivity contribution < 1.29 is 9.84 Å². The summed E-state index contributed by atoms with van der Waals surface area (Å²) in [6.45, 7) is 6.53. The summed E-state index contributed by atoms with van der Waals surface area (Å²) >= 11 is 0. The molecule has 0 heterocycles. The van der Waals surface area contributed by atoms with Gasteiger partial charge in [0.15, 0.2) is 0 Å². The first-order valence-corrected chi connectivity index (χ1v) is 6.86. The summed E-state index contributed by atoms with van der Waals surface area (Å²) in [5.74, 6) is 0.935. The van der Waals surface area contributed by atoms with Crippen molar-refractivity contribution in [2.75, 3.05) is 13.2 Å². The number of aliphatic hydroxyl groups excluding tert-OH is 1. The van der Waals surface area contributed by atoms with Gasteiger partial charge in [0.2, 0.25) is 0 Å². The van der Waals surface area contributed by atoms with Gasteiger partial charge in [-0.05, 0) is 43.5 Å². The van der Waals surface area contributed by atoms with E-state index >= 15 is 0 Å². The minimum atomic E-state index is -0.184. The molecule has 0 aliphatic carbocycles. The van der Waals surface area contributed by atoms with E-state index in [4.69, 9.17) is 4.74 Å². The Hall–Kier alpha value is -1.06. The molecule has 0 amide bonds. The normalized spacial score (nSPS) is 12.4. The molecule has 1 aromatic rings. The Morgan fingerprint density at radius 3 is 2.89 bits per heavy atom. The Balaban J connectivity index is 2.29. The van der Waals surface area contributed by atoms with Crippen molar-refractivity contribution in [2.24, 2.45) is 0 Å². The molecule has 2 N–H and O–H groups in total. The molecule has 18 heavy (non-hydrogen) atoms. The lowest BCUT2D eigenvalue weighted by Crippen LogP contribution is -2.19. The minimum absolute atomic E-state index is 0.184. The molecule has 0 saturated carbocycles. The summed E-state index contributed by atoms with van der Waals surface area (Å²) in [6, 6.07) is 8.16. The van der Waals surface area contributed by atoms with Gasteiger partial charge < -0.3 is 15.2 Å². The van der Waals surface area contributed by atoms with Gasteiger partial charge >= 0.3 is 0 Å². The Bertz CT molecular complexity index is 328. The van der Waals surface area contributed by atoms with Crippen LogP contribution >= 0.6 is 0 Å². The minimum Gasteiger partial charge on any atom is -0.494 e. The van der Waals surface area contributed by atoms with Gasteiger partial charge in [-0.15, -0.1) is 0 Å². The molecule has 0 radical (unpaired) electrons. The van der Waals surface area contributed by atoms with E-state index in [1.54, 1.807) is 0 Å². The highest BCUT2D eigenvalue weighted by atomic mass is 16.5. The first-order chi connectivity index (χ1) is 8.76. The highest BCUT2D eigenvalue weighted by molar-refractivity contribution is 5.28. The van der Waals surface area contributed by atoms with E-state index in [0.717, 1.165) is 44.7 Å². The SMILES string of the molecule is CCCOc1cccc(CNCCC(O)CC)c1. The molecule has 102 valence electrons. The van der Waals surface area contributed by atoms with Crippen LogP contribution in [0.3, 0.4) is 0 Å². The molecule has 3 heteroatoms. The molecule has 1 unspecified atom stereocenters. The van der Waals surface area contributed by atoms with Crippen LogP contribution in [0, 0.1) is 0 Å². The predicted octanol–water partition coefficient (Wildman–Crippen LogP) is 2.73. The molecule has 0 aromatic heterocycles. The fourth-order valence-corrected chi connectivity index (χ4v) is 1.67. The van der Waals surface area contributed by atoms with Crippen LogP contribution in [0.25, 0.3) is 0 Å². The van der Waals surface area contributed by atoms with Crippen LogP contribution < -0.4 is 10.1 Å². The van der Waals surface area contributed by atoms with Gasteiger partial charge in [0.1, 0.15) is 5.75 Å². The highest BCUT2D eigenvalue weighted by Gasteiger charge is 2.00. The van der Waals surface area contributed by atoms with Crippen molar-refractivity contribution in [3.8, 4) is 5.75 Å². The Labute approximate surface area is 110 Å². The lowest BCUT2D eigenvalue weighted by Gasteiger charge is -2.10. The van der Waals surface area contributed by atoms with Crippen molar-refractivity contribution in [1.29, 1.82) is 0 Å². The van der Waals surface area contributed by atoms with Gasteiger partial charge in [-0.2, -0.15) is 0 Å². The number of ether oxygens (including phenoxy) is 1. The largest absolute Gasteiger partial charge is 0.494 e. The molecule has 0 aliphatic rings. The average Bonchev–Trinajstić information content (AvgIpc) is 2.41. The number of benzene rings is 1. The van der Waals surface area contributed by atoms with Crippen LogP contribution in [0.2, 0.25) is 0 Å². The van der Waals surface area contributed by atoms with E-state index < -0.39 is 0 Å². The summed E-state index contributed by atoms with van der Waals surface area (Å²) in [5.41, 5.74) is 1.22. The summed E-state index contributed by atoms with van der Waals surface area (Å²) in [7, 11) is 0. The van der Waals surface area contributed by atoms with Crippen LogP contribution in [0.4, 0.5) is 0 Å². The summed E-state index contributed by atoms with van der Waals surface area (Å²) in [5, 5.41) is 12.8. The summed E-state index contributed by atoms with van der Waals surface area (Å²) in [4.78, 5) is 0.